The Hall–Kier alpha value is -2.57. The molecule has 7 heteroatoms. The molecule has 1 saturated heterocycles. The van der Waals surface area contributed by atoms with Crippen molar-refractivity contribution in [3.8, 4) is 5.75 Å². The molecule has 24 heavy (non-hydrogen) atoms. The fourth-order valence-electron chi connectivity index (χ4n) is 2.60. The number of rotatable bonds is 3. The maximum absolute atomic E-state index is 12.2. The van der Waals surface area contributed by atoms with Crippen LogP contribution in [0.2, 0.25) is 0 Å². The highest BCUT2D eigenvalue weighted by Crippen LogP contribution is 2.17. The molecule has 1 aromatic carbocycles. The fourth-order valence-corrected chi connectivity index (χ4v) is 2.60. The van der Waals surface area contributed by atoms with Gasteiger partial charge in [-0.15, -0.1) is 0 Å². The van der Waals surface area contributed by atoms with Crippen molar-refractivity contribution in [2.24, 2.45) is 0 Å². The van der Waals surface area contributed by atoms with Crippen molar-refractivity contribution < 1.29 is 19.1 Å². The van der Waals surface area contributed by atoms with Gasteiger partial charge in [0, 0.05) is 33.1 Å². The van der Waals surface area contributed by atoms with Crippen LogP contribution < -0.4 is 10.1 Å². The highest BCUT2D eigenvalue weighted by atomic mass is 16.5. The van der Waals surface area contributed by atoms with Crippen molar-refractivity contribution in [2.75, 3.05) is 33.3 Å². The predicted octanol–water partition coefficient (Wildman–Crippen LogP) is 0.563. The molecular formula is C17H23N3O4. The third-order valence-corrected chi connectivity index (χ3v) is 4.17. The molecule has 1 unspecified atom stereocenters. The Kier molecular flexibility index (Phi) is 5.78. The number of methoxy groups -OCH3 is 1. The number of nitrogens with one attached hydrogen (secondary N) is 1. The second-order valence-electron chi connectivity index (χ2n) is 5.77. The van der Waals surface area contributed by atoms with Gasteiger partial charge in [0.15, 0.2) is 0 Å². The van der Waals surface area contributed by atoms with Gasteiger partial charge in [-0.05, 0) is 24.6 Å². The molecule has 0 radical (unpaired) electrons. The summed E-state index contributed by atoms with van der Waals surface area (Å²) in [5, 5.41) is 2.71. The van der Waals surface area contributed by atoms with E-state index < -0.39 is 11.8 Å². The van der Waals surface area contributed by atoms with Crippen molar-refractivity contribution in [2.45, 2.75) is 19.9 Å². The summed E-state index contributed by atoms with van der Waals surface area (Å²) in [6, 6.07) is 7.02. The molecule has 1 atom stereocenters. The molecule has 3 amide bonds. The van der Waals surface area contributed by atoms with Gasteiger partial charge in [0.1, 0.15) is 5.75 Å². The van der Waals surface area contributed by atoms with Crippen LogP contribution in [0.25, 0.3) is 0 Å². The highest BCUT2D eigenvalue weighted by molar-refractivity contribution is 6.35. The topological polar surface area (TPSA) is 79.0 Å². The van der Waals surface area contributed by atoms with Gasteiger partial charge in [0.05, 0.1) is 13.2 Å². The van der Waals surface area contributed by atoms with Gasteiger partial charge in [-0.2, -0.15) is 0 Å². The molecule has 1 aliphatic rings. The molecule has 1 aromatic rings. The molecule has 2 rings (SSSR count). The number of carbonyl (C=O) groups excluding carboxylic acids is 3. The molecule has 1 aliphatic heterocycles. The summed E-state index contributed by atoms with van der Waals surface area (Å²) in [6.07, 6.45) is 0. The molecule has 7 nitrogen and oxygen atoms in total. The predicted molar refractivity (Wildman–Crippen MR) is 88.4 cm³/mol. The van der Waals surface area contributed by atoms with Crippen LogP contribution in [0.15, 0.2) is 24.3 Å². The fraction of sp³-hybridized carbons (Fsp3) is 0.471. The Morgan fingerprint density at radius 3 is 2.08 bits per heavy atom. The molecule has 0 spiro atoms. The molecule has 130 valence electrons. The first-order chi connectivity index (χ1) is 11.4. The first-order valence-corrected chi connectivity index (χ1v) is 7.91. The summed E-state index contributed by atoms with van der Waals surface area (Å²) in [5.41, 5.74) is 0.887. The van der Waals surface area contributed by atoms with Crippen LogP contribution in [0.1, 0.15) is 25.5 Å². The molecule has 0 aliphatic carbocycles. The van der Waals surface area contributed by atoms with Gasteiger partial charge >= 0.3 is 11.8 Å². The summed E-state index contributed by atoms with van der Waals surface area (Å²) < 4.78 is 5.10. The maximum atomic E-state index is 12.2. The van der Waals surface area contributed by atoms with Crippen molar-refractivity contribution in [3.63, 3.8) is 0 Å². The summed E-state index contributed by atoms with van der Waals surface area (Å²) in [4.78, 5) is 38.8. The first-order valence-electron chi connectivity index (χ1n) is 7.91. The molecule has 1 N–H and O–H groups in total. The lowest BCUT2D eigenvalue weighted by atomic mass is 10.1. The SMILES string of the molecule is COc1ccc(C(C)NC(=O)C(=O)N2CCN(C(C)=O)CC2)cc1. The molecule has 1 heterocycles. The quantitative estimate of drug-likeness (QED) is 0.820. The Labute approximate surface area is 141 Å². The average molecular weight is 333 g/mol. The van der Waals surface area contributed by atoms with Gasteiger partial charge in [-0.1, -0.05) is 12.1 Å². The number of amides is 3. The lowest BCUT2D eigenvalue weighted by Gasteiger charge is -2.33. The van der Waals surface area contributed by atoms with E-state index >= 15 is 0 Å². The van der Waals surface area contributed by atoms with Crippen LogP contribution in [0.4, 0.5) is 0 Å². The third kappa shape index (κ3) is 4.24. The van der Waals surface area contributed by atoms with E-state index in [9.17, 15) is 14.4 Å². The van der Waals surface area contributed by atoms with Crippen LogP contribution in [-0.4, -0.2) is 60.8 Å². The van der Waals surface area contributed by atoms with Crippen LogP contribution >= 0.6 is 0 Å². The van der Waals surface area contributed by atoms with E-state index in [0.717, 1.165) is 11.3 Å². The van der Waals surface area contributed by atoms with Crippen LogP contribution in [0.5, 0.6) is 5.75 Å². The minimum absolute atomic E-state index is 0.0142. The minimum atomic E-state index is -0.630. The van der Waals surface area contributed by atoms with Crippen LogP contribution in [-0.2, 0) is 14.4 Å². The van der Waals surface area contributed by atoms with Gasteiger partial charge < -0.3 is 19.9 Å². The zero-order valence-electron chi connectivity index (χ0n) is 14.2. The number of benzene rings is 1. The standard InChI is InChI=1S/C17H23N3O4/c1-12(14-4-6-15(24-3)7-5-14)18-16(22)17(23)20-10-8-19(9-11-20)13(2)21/h4-7,12H,8-11H2,1-3H3,(H,18,22). The monoisotopic (exact) mass is 333 g/mol. The van der Waals surface area contributed by atoms with Gasteiger partial charge in [0.25, 0.3) is 0 Å². The molecular weight excluding hydrogens is 310 g/mol. The van der Waals surface area contributed by atoms with Crippen molar-refractivity contribution >= 4 is 17.7 Å². The van der Waals surface area contributed by atoms with Crippen molar-refractivity contribution in [1.82, 2.24) is 15.1 Å². The van der Waals surface area contributed by atoms with E-state index in [1.807, 2.05) is 19.1 Å². The van der Waals surface area contributed by atoms with E-state index in [2.05, 4.69) is 5.32 Å². The zero-order chi connectivity index (χ0) is 17.7. The summed E-state index contributed by atoms with van der Waals surface area (Å²) in [5.74, 6) is -0.468. The van der Waals surface area contributed by atoms with E-state index in [4.69, 9.17) is 4.74 Å². The second kappa shape index (κ2) is 7.81. The molecule has 0 saturated carbocycles. The summed E-state index contributed by atoms with van der Waals surface area (Å²) >= 11 is 0. The minimum Gasteiger partial charge on any atom is -0.497 e. The third-order valence-electron chi connectivity index (χ3n) is 4.17. The van der Waals surface area contributed by atoms with E-state index in [1.165, 1.54) is 11.8 Å². The van der Waals surface area contributed by atoms with Crippen molar-refractivity contribution in [1.29, 1.82) is 0 Å². The van der Waals surface area contributed by atoms with E-state index in [0.29, 0.717) is 26.2 Å². The number of piperazine rings is 1. The molecule has 0 aromatic heterocycles. The van der Waals surface area contributed by atoms with Gasteiger partial charge in [-0.25, -0.2) is 0 Å². The summed E-state index contributed by atoms with van der Waals surface area (Å²) in [7, 11) is 1.59. The van der Waals surface area contributed by atoms with E-state index in [-0.39, 0.29) is 11.9 Å². The van der Waals surface area contributed by atoms with Gasteiger partial charge in [-0.3, -0.25) is 14.4 Å². The van der Waals surface area contributed by atoms with Crippen LogP contribution in [0, 0.1) is 0 Å². The normalized spacial score (nSPS) is 15.6. The van der Waals surface area contributed by atoms with Crippen molar-refractivity contribution in [3.05, 3.63) is 29.8 Å². The Balaban J connectivity index is 1.89. The smallest absolute Gasteiger partial charge is 0.312 e. The lowest BCUT2D eigenvalue weighted by molar-refractivity contribution is -0.148. The number of hydrogen-bond donors (Lipinski definition) is 1. The zero-order valence-corrected chi connectivity index (χ0v) is 14.2. The summed E-state index contributed by atoms with van der Waals surface area (Å²) in [6.45, 7) is 5.00. The molecule has 0 bridgehead atoms. The first kappa shape index (κ1) is 17.8. The Morgan fingerprint density at radius 1 is 1.04 bits per heavy atom. The number of ether oxygens (including phenoxy) is 1. The number of carbonyl (C=O) groups is 3. The Morgan fingerprint density at radius 2 is 1.58 bits per heavy atom. The largest absolute Gasteiger partial charge is 0.497 e. The second-order valence-corrected chi connectivity index (χ2v) is 5.77. The molecule has 1 fully saturated rings. The Bertz CT molecular complexity index is 607. The number of nitrogens with zero attached hydrogens (tertiary/aromatic N) is 2. The maximum Gasteiger partial charge on any atom is 0.312 e. The van der Waals surface area contributed by atoms with Gasteiger partial charge in [0.2, 0.25) is 5.91 Å². The van der Waals surface area contributed by atoms with E-state index in [1.54, 1.807) is 24.1 Å². The average Bonchev–Trinajstić information content (AvgIpc) is 2.61. The number of hydrogen-bond acceptors (Lipinski definition) is 4. The highest BCUT2D eigenvalue weighted by Gasteiger charge is 2.27. The lowest BCUT2D eigenvalue weighted by Crippen LogP contribution is -2.53. The van der Waals surface area contributed by atoms with Crippen LogP contribution in [0.3, 0.4) is 0 Å².